The van der Waals surface area contributed by atoms with Gasteiger partial charge >= 0.3 is 0 Å². The van der Waals surface area contributed by atoms with E-state index in [-0.39, 0.29) is 49.7 Å². The van der Waals surface area contributed by atoms with Crippen molar-refractivity contribution in [2.24, 2.45) is 0 Å². The third kappa shape index (κ3) is 4.37. The fraction of sp³-hybridized carbons (Fsp3) is 0.500. The van der Waals surface area contributed by atoms with Crippen molar-refractivity contribution < 1.29 is 9.90 Å². The molecule has 0 aliphatic rings. The van der Waals surface area contributed by atoms with Gasteiger partial charge < -0.3 is 9.67 Å². The van der Waals surface area contributed by atoms with Crippen LogP contribution in [0.1, 0.15) is 75.5 Å². The van der Waals surface area contributed by atoms with Gasteiger partial charge in [-0.15, -0.1) is 0 Å². The average molecular weight is 445 g/mol. The van der Waals surface area contributed by atoms with E-state index in [2.05, 4.69) is 0 Å². The number of rotatable bonds is 4. The number of Topliss-reactive ketones (excluding diaryl/α,β-unsaturated/α-hetero) is 1. The number of carbonyl (C=O) groups is 1. The van der Waals surface area contributed by atoms with Crippen LogP contribution in [0.3, 0.4) is 0 Å². The van der Waals surface area contributed by atoms with Crippen LogP contribution in [0.2, 0.25) is 15.3 Å². The van der Waals surface area contributed by atoms with Crippen LogP contribution in [0.5, 0.6) is 5.75 Å². The zero-order valence-electron chi connectivity index (χ0n) is 17.5. The van der Waals surface area contributed by atoms with Crippen molar-refractivity contribution in [3.05, 3.63) is 49.7 Å². The van der Waals surface area contributed by atoms with Gasteiger partial charge in [-0.05, 0) is 34.4 Å². The predicted octanol–water partition coefficient (Wildman–Crippen LogP) is 7.19. The lowest BCUT2D eigenvalue weighted by Gasteiger charge is -2.28. The molecule has 0 saturated heterocycles. The normalized spacial score (nSPS) is 12.5. The van der Waals surface area contributed by atoms with Gasteiger partial charge in [-0.2, -0.15) is 0 Å². The smallest absolute Gasteiger partial charge is 0.171 e. The summed E-state index contributed by atoms with van der Waals surface area (Å²) in [5, 5.41) is 11.6. The Hall–Kier alpha value is -1.16. The average Bonchev–Trinajstić information content (AvgIpc) is 2.75. The van der Waals surface area contributed by atoms with E-state index in [0.29, 0.717) is 6.54 Å². The fourth-order valence-corrected chi connectivity index (χ4v) is 4.35. The summed E-state index contributed by atoms with van der Waals surface area (Å²) < 4.78 is 1.61. The second-order valence-corrected chi connectivity index (χ2v) is 10.2. The summed E-state index contributed by atoms with van der Waals surface area (Å²) in [6.07, 6.45) is 0.121. The summed E-state index contributed by atoms with van der Waals surface area (Å²) in [6, 6.07) is 3.78. The number of phenols is 1. The van der Waals surface area contributed by atoms with Crippen LogP contribution in [-0.2, 0) is 23.8 Å². The monoisotopic (exact) mass is 443 g/mol. The first-order valence-corrected chi connectivity index (χ1v) is 10.5. The SMILES string of the molecule is CCn1c(Cl)c(Cl)c(C(=O)Cc2cc(C(C)(C)C)c(O)c(C(C)(C)C)c2)c1Cl. The summed E-state index contributed by atoms with van der Waals surface area (Å²) in [6.45, 7) is 14.6. The van der Waals surface area contributed by atoms with Gasteiger partial charge in [0.15, 0.2) is 5.78 Å². The zero-order chi connectivity index (χ0) is 21.6. The quantitative estimate of drug-likeness (QED) is 0.507. The van der Waals surface area contributed by atoms with Crippen LogP contribution in [0.25, 0.3) is 0 Å². The highest BCUT2D eigenvalue weighted by atomic mass is 35.5. The first-order valence-electron chi connectivity index (χ1n) is 9.33. The topological polar surface area (TPSA) is 42.2 Å². The maximum absolute atomic E-state index is 13.0. The van der Waals surface area contributed by atoms with E-state index in [1.54, 1.807) is 4.57 Å². The predicted molar refractivity (Wildman–Crippen MR) is 119 cm³/mol. The highest BCUT2D eigenvalue weighted by Crippen LogP contribution is 2.41. The molecule has 0 saturated carbocycles. The lowest BCUT2D eigenvalue weighted by Crippen LogP contribution is -2.18. The Kier molecular flexibility index (Phi) is 6.55. The van der Waals surface area contributed by atoms with Gasteiger partial charge in [-0.3, -0.25) is 4.79 Å². The molecule has 2 aromatic rings. The maximum Gasteiger partial charge on any atom is 0.171 e. The fourth-order valence-electron chi connectivity index (χ4n) is 3.26. The van der Waals surface area contributed by atoms with Gasteiger partial charge in [0.25, 0.3) is 0 Å². The number of benzene rings is 1. The third-order valence-corrected chi connectivity index (χ3v) is 6.08. The minimum absolute atomic E-state index is 0.121. The van der Waals surface area contributed by atoms with Crippen molar-refractivity contribution in [2.75, 3.05) is 0 Å². The molecule has 3 nitrogen and oxygen atoms in total. The highest BCUT2D eigenvalue weighted by molar-refractivity contribution is 6.46. The Bertz CT molecular complexity index is 880. The molecular weight excluding hydrogens is 417 g/mol. The molecular formula is C22H28Cl3NO2. The molecule has 0 atom stereocenters. The summed E-state index contributed by atoms with van der Waals surface area (Å²) in [7, 11) is 0. The van der Waals surface area contributed by atoms with Gasteiger partial charge in [0.05, 0.1) is 10.6 Å². The Labute approximate surface area is 182 Å². The van der Waals surface area contributed by atoms with Gasteiger partial charge in [-0.25, -0.2) is 0 Å². The van der Waals surface area contributed by atoms with E-state index >= 15 is 0 Å². The van der Waals surface area contributed by atoms with Crippen molar-refractivity contribution in [3.8, 4) is 5.75 Å². The van der Waals surface area contributed by atoms with Crippen molar-refractivity contribution >= 4 is 40.6 Å². The van der Waals surface area contributed by atoms with Crippen molar-refractivity contribution in [1.82, 2.24) is 4.57 Å². The molecule has 0 radical (unpaired) electrons. The molecule has 28 heavy (non-hydrogen) atoms. The molecule has 0 aliphatic carbocycles. The lowest BCUT2D eigenvalue weighted by atomic mass is 9.78. The number of hydrogen-bond acceptors (Lipinski definition) is 2. The molecule has 0 unspecified atom stereocenters. The summed E-state index contributed by atoms with van der Waals surface area (Å²) >= 11 is 18.9. The number of aromatic hydroxyl groups is 1. The number of hydrogen-bond donors (Lipinski definition) is 1. The van der Waals surface area contributed by atoms with Crippen molar-refractivity contribution in [1.29, 1.82) is 0 Å². The maximum atomic E-state index is 13.0. The van der Waals surface area contributed by atoms with Crippen molar-refractivity contribution in [3.63, 3.8) is 0 Å². The Balaban J connectivity index is 2.57. The van der Waals surface area contributed by atoms with Crippen LogP contribution >= 0.6 is 34.8 Å². The van der Waals surface area contributed by atoms with Gasteiger partial charge in [0, 0.05) is 13.0 Å². The van der Waals surface area contributed by atoms with Crippen LogP contribution in [0.15, 0.2) is 12.1 Å². The summed E-state index contributed by atoms with van der Waals surface area (Å²) in [5.74, 6) is 0.0851. The number of ketones is 1. The van der Waals surface area contributed by atoms with Gasteiger partial charge in [0.1, 0.15) is 16.1 Å². The number of aromatic nitrogens is 1. The molecule has 0 fully saturated rings. The molecule has 1 N–H and O–H groups in total. The molecule has 154 valence electrons. The Morgan fingerprint density at radius 2 is 1.43 bits per heavy atom. The second-order valence-electron chi connectivity index (χ2n) is 9.15. The van der Waals surface area contributed by atoms with Crippen LogP contribution < -0.4 is 0 Å². The van der Waals surface area contributed by atoms with E-state index in [9.17, 15) is 9.90 Å². The van der Waals surface area contributed by atoms with E-state index < -0.39 is 0 Å². The molecule has 1 heterocycles. The number of halogens is 3. The van der Waals surface area contributed by atoms with Crippen LogP contribution in [0, 0.1) is 0 Å². The van der Waals surface area contributed by atoms with Crippen LogP contribution in [0.4, 0.5) is 0 Å². The molecule has 0 amide bonds. The highest BCUT2D eigenvalue weighted by Gasteiger charge is 2.28. The standard InChI is InChI=1S/C22H28Cl3NO2/c1-8-26-19(24)16(17(23)20(26)25)15(27)11-12-9-13(21(2,3)4)18(28)14(10-12)22(5,6)7/h9-10,28H,8,11H2,1-7H3. The van der Waals surface area contributed by atoms with Crippen molar-refractivity contribution in [2.45, 2.75) is 72.3 Å². The largest absolute Gasteiger partial charge is 0.507 e. The molecule has 6 heteroatoms. The molecule has 1 aromatic carbocycles. The zero-order valence-corrected chi connectivity index (χ0v) is 19.8. The molecule has 0 spiro atoms. The van der Waals surface area contributed by atoms with E-state index in [0.717, 1.165) is 16.7 Å². The third-order valence-electron chi connectivity index (χ3n) is 4.83. The first kappa shape index (κ1) is 23.1. The lowest BCUT2D eigenvalue weighted by molar-refractivity contribution is 0.0993. The van der Waals surface area contributed by atoms with E-state index in [4.69, 9.17) is 34.8 Å². The number of nitrogens with zero attached hydrogens (tertiary/aromatic N) is 1. The minimum Gasteiger partial charge on any atom is -0.507 e. The Morgan fingerprint density at radius 1 is 0.964 bits per heavy atom. The minimum atomic E-state index is -0.271. The molecule has 0 bridgehead atoms. The second kappa shape index (κ2) is 7.93. The van der Waals surface area contributed by atoms with Gasteiger partial charge in [-0.1, -0.05) is 88.5 Å². The number of phenolic OH excluding ortho intramolecular Hbond substituents is 1. The summed E-state index contributed by atoms with van der Waals surface area (Å²) in [5.41, 5.74) is 2.14. The van der Waals surface area contributed by atoms with E-state index in [1.165, 1.54) is 0 Å². The molecule has 2 rings (SSSR count). The Morgan fingerprint density at radius 3 is 1.79 bits per heavy atom. The van der Waals surface area contributed by atoms with Crippen LogP contribution in [-0.4, -0.2) is 15.5 Å². The van der Waals surface area contributed by atoms with Gasteiger partial charge in [0.2, 0.25) is 0 Å². The van der Waals surface area contributed by atoms with E-state index in [1.807, 2.05) is 60.6 Å². The molecule has 0 aliphatic heterocycles. The summed E-state index contributed by atoms with van der Waals surface area (Å²) in [4.78, 5) is 13.0. The first-order chi connectivity index (χ1) is 12.7. The molecule has 1 aromatic heterocycles. The number of carbonyl (C=O) groups excluding carboxylic acids is 1.